The fourth-order valence-corrected chi connectivity index (χ4v) is 8.49. The predicted octanol–water partition coefficient (Wildman–Crippen LogP) is 5.31. The molecule has 0 heterocycles. The monoisotopic (exact) mass is 461 g/mol. The summed E-state index contributed by atoms with van der Waals surface area (Å²) in [5, 5.41) is 4.17. The molecule has 0 amide bonds. The van der Waals surface area contributed by atoms with Gasteiger partial charge in [-0.2, -0.15) is 0 Å². The van der Waals surface area contributed by atoms with E-state index < -0.39 is 7.26 Å². The summed E-state index contributed by atoms with van der Waals surface area (Å²) in [6, 6.07) is 32.6. The molecule has 0 spiro atoms. The Labute approximate surface area is 198 Å². The molecular formula is C29H34O3P+. The van der Waals surface area contributed by atoms with Gasteiger partial charge >= 0.3 is 5.97 Å². The number of rotatable bonds is 12. The Kier molecular flexibility index (Phi) is 9.39. The van der Waals surface area contributed by atoms with Crippen molar-refractivity contribution in [3.8, 4) is 0 Å². The van der Waals surface area contributed by atoms with Gasteiger partial charge in [0, 0.05) is 12.3 Å². The lowest BCUT2D eigenvalue weighted by molar-refractivity contribution is -0.145. The van der Waals surface area contributed by atoms with E-state index in [0.717, 1.165) is 25.4 Å². The number of ether oxygens (including phenoxy) is 1. The number of hydrogen-bond donors (Lipinski definition) is 0. The average Bonchev–Trinajstić information content (AvgIpc) is 2.86. The number of esters is 1. The van der Waals surface area contributed by atoms with Crippen molar-refractivity contribution >= 4 is 34.9 Å². The van der Waals surface area contributed by atoms with E-state index in [1.165, 1.54) is 22.8 Å². The highest BCUT2D eigenvalue weighted by Crippen LogP contribution is 2.55. The third kappa shape index (κ3) is 6.62. The molecule has 0 aliphatic rings. The lowest BCUT2D eigenvalue weighted by atomic mass is 10.1. The quantitative estimate of drug-likeness (QED) is 0.209. The predicted molar refractivity (Wildman–Crippen MR) is 139 cm³/mol. The van der Waals surface area contributed by atoms with Crippen LogP contribution in [0, 0.1) is 5.92 Å². The Morgan fingerprint density at radius 3 is 1.61 bits per heavy atom. The van der Waals surface area contributed by atoms with Gasteiger partial charge < -0.3 is 4.74 Å². The summed E-state index contributed by atoms with van der Waals surface area (Å²) >= 11 is 0. The highest BCUT2D eigenvalue weighted by Gasteiger charge is 2.44. The summed E-state index contributed by atoms with van der Waals surface area (Å²) in [4.78, 5) is 23.4. The molecule has 0 saturated carbocycles. The zero-order chi connectivity index (χ0) is 23.5. The first-order valence-corrected chi connectivity index (χ1v) is 13.7. The van der Waals surface area contributed by atoms with Crippen LogP contribution in [0.2, 0.25) is 0 Å². The molecule has 0 fully saturated rings. The van der Waals surface area contributed by atoms with Gasteiger partial charge in [-0.3, -0.25) is 9.59 Å². The summed E-state index contributed by atoms with van der Waals surface area (Å²) in [7, 11) is -1.81. The summed E-state index contributed by atoms with van der Waals surface area (Å²) in [6.45, 7) is 3.49. The Bertz CT molecular complexity index is 906. The van der Waals surface area contributed by atoms with Crippen molar-refractivity contribution in [3.63, 3.8) is 0 Å². The highest BCUT2D eigenvalue weighted by molar-refractivity contribution is 7.95. The average molecular weight is 462 g/mol. The molecule has 1 unspecified atom stereocenters. The zero-order valence-electron chi connectivity index (χ0n) is 19.7. The van der Waals surface area contributed by atoms with E-state index in [9.17, 15) is 9.59 Å². The minimum Gasteiger partial charge on any atom is -0.465 e. The second-order valence-corrected chi connectivity index (χ2v) is 12.2. The van der Waals surface area contributed by atoms with Crippen LogP contribution in [0.3, 0.4) is 0 Å². The number of carbonyl (C=O) groups excluding carboxylic acids is 2. The maximum atomic E-state index is 12.1. The molecule has 0 aliphatic carbocycles. The van der Waals surface area contributed by atoms with Crippen molar-refractivity contribution in [1.29, 1.82) is 0 Å². The van der Waals surface area contributed by atoms with Crippen LogP contribution < -0.4 is 15.9 Å². The molecule has 3 aromatic rings. The molecule has 3 aromatic carbocycles. The van der Waals surface area contributed by atoms with Crippen LogP contribution in [-0.2, 0) is 14.3 Å². The fraction of sp³-hybridized carbons (Fsp3) is 0.310. The number of ketones is 1. The van der Waals surface area contributed by atoms with E-state index in [2.05, 4.69) is 91.0 Å². The number of Topliss-reactive ketones (excluding diaryl/α,β-unsaturated/α-hetero) is 1. The molecule has 0 aromatic heterocycles. The molecule has 172 valence electrons. The van der Waals surface area contributed by atoms with Crippen molar-refractivity contribution in [1.82, 2.24) is 0 Å². The summed E-state index contributed by atoms with van der Waals surface area (Å²) in [5.74, 6) is -0.397. The van der Waals surface area contributed by atoms with Crippen LogP contribution >= 0.6 is 7.26 Å². The largest absolute Gasteiger partial charge is 0.465 e. The first-order chi connectivity index (χ1) is 16.0. The molecule has 0 aliphatic heterocycles. The van der Waals surface area contributed by atoms with E-state index in [1.807, 2.05) is 0 Å². The first kappa shape index (κ1) is 24.9. The Morgan fingerprint density at radius 2 is 1.18 bits per heavy atom. The van der Waals surface area contributed by atoms with E-state index in [4.69, 9.17) is 4.74 Å². The molecule has 3 nitrogen and oxygen atoms in total. The van der Waals surface area contributed by atoms with Gasteiger partial charge in [0.05, 0.1) is 6.16 Å². The second kappa shape index (κ2) is 12.5. The van der Waals surface area contributed by atoms with Crippen molar-refractivity contribution in [2.45, 2.75) is 39.5 Å². The fourth-order valence-electron chi connectivity index (χ4n) is 4.08. The van der Waals surface area contributed by atoms with E-state index in [1.54, 1.807) is 6.92 Å². The van der Waals surface area contributed by atoms with Crippen LogP contribution in [-0.4, -0.2) is 24.5 Å². The normalized spacial score (nSPS) is 12.2. The SMILES string of the molecule is CC(=O)C(C)COC(=O)CCCCC[P+](c1ccccc1)(c1ccccc1)c1ccccc1. The van der Waals surface area contributed by atoms with Crippen LogP contribution in [0.15, 0.2) is 91.0 Å². The van der Waals surface area contributed by atoms with E-state index in [-0.39, 0.29) is 24.3 Å². The lowest BCUT2D eigenvalue weighted by Gasteiger charge is -2.27. The minimum atomic E-state index is -1.81. The van der Waals surface area contributed by atoms with E-state index >= 15 is 0 Å². The van der Waals surface area contributed by atoms with Gasteiger partial charge in [0.15, 0.2) is 0 Å². The Balaban J connectivity index is 1.72. The number of carbonyl (C=O) groups is 2. The first-order valence-electron chi connectivity index (χ1n) is 11.7. The summed E-state index contributed by atoms with van der Waals surface area (Å²) in [5.41, 5.74) is 0. The minimum absolute atomic E-state index is 0.0471. The number of hydrogen-bond acceptors (Lipinski definition) is 3. The van der Waals surface area contributed by atoms with Crippen molar-refractivity contribution < 1.29 is 14.3 Å². The van der Waals surface area contributed by atoms with Crippen molar-refractivity contribution in [3.05, 3.63) is 91.0 Å². The third-order valence-electron chi connectivity index (χ3n) is 6.15. The van der Waals surface area contributed by atoms with Crippen LogP contribution in [0.4, 0.5) is 0 Å². The van der Waals surface area contributed by atoms with Gasteiger partial charge in [-0.25, -0.2) is 0 Å². The third-order valence-corrected chi connectivity index (χ3v) is 10.7. The molecule has 1 atom stereocenters. The molecule has 0 saturated heterocycles. The Hall–Kier alpha value is -2.77. The lowest BCUT2D eigenvalue weighted by Crippen LogP contribution is -2.33. The van der Waals surface area contributed by atoms with Gasteiger partial charge in [-0.1, -0.05) is 61.5 Å². The topological polar surface area (TPSA) is 43.4 Å². The van der Waals surface area contributed by atoms with Gasteiger partial charge in [0.2, 0.25) is 0 Å². The smallest absolute Gasteiger partial charge is 0.305 e. The number of benzene rings is 3. The highest BCUT2D eigenvalue weighted by atomic mass is 31.2. The number of unbranched alkanes of at least 4 members (excludes halogenated alkanes) is 2. The zero-order valence-corrected chi connectivity index (χ0v) is 20.5. The van der Waals surface area contributed by atoms with Gasteiger partial charge in [-0.15, -0.1) is 0 Å². The summed E-state index contributed by atoms with van der Waals surface area (Å²) < 4.78 is 5.27. The maximum Gasteiger partial charge on any atom is 0.305 e. The van der Waals surface area contributed by atoms with Crippen molar-refractivity contribution in [2.24, 2.45) is 5.92 Å². The van der Waals surface area contributed by atoms with Crippen LogP contribution in [0.5, 0.6) is 0 Å². The molecule has 33 heavy (non-hydrogen) atoms. The molecule has 4 heteroatoms. The standard InChI is InChI=1S/C29H34O3P/c1-24(25(2)30)23-32-29(31)21-13-6-14-22-33(26-15-7-3-8-16-26,27-17-9-4-10-18-27)28-19-11-5-12-20-28/h3-5,7-12,15-20,24H,6,13-14,21-23H2,1-2H3/q+1. The molecule has 0 radical (unpaired) electrons. The van der Waals surface area contributed by atoms with Gasteiger partial charge in [-0.05, 0) is 62.6 Å². The van der Waals surface area contributed by atoms with Gasteiger partial charge in [0.25, 0.3) is 0 Å². The maximum absolute atomic E-state index is 12.1. The van der Waals surface area contributed by atoms with E-state index in [0.29, 0.717) is 6.42 Å². The second-order valence-electron chi connectivity index (χ2n) is 8.55. The molecule has 3 rings (SSSR count). The molecule has 0 N–H and O–H groups in total. The molecule has 0 bridgehead atoms. The van der Waals surface area contributed by atoms with Crippen molar-refractivity contribution in [2.75, 3.05) is 12.8 Å². The Morgan fingerprint density at radius 1 is 0.727 bits per heavy atom. The molecular weight excluding hydrogens is 427 g/mol. The summed E-state index contributed by atoms with van der Waals surface area (Å²) in [6.07, 6.45) is 4.25. The van der Waals surface area contributed by atoms with Crippen LogP contribution in [0.25, 0.3) is 0 Å². The van der Waals surface area contributed by atoms with Crippen LogP contribution in [0.1, 0.15) is 39.5 Å². The van der Waals surface area contributed by atoms with Gasteiger partial charge in [0.1, 0.15) is 35.6 Å².